The van der Waals surface area contributed by atoms with Gasteiger partial charge in [-0.3, -0.25) is 4.79 Å². The highest BCUT2D eigenvalue weighted by atomic mass is 16.4. The van der Waals surface area contributed by atoms with Crippen LogP contribution in [-0.2, 0) is 6.54 Å². The van der Waals surface area contributed by atoms with Crippen LogP contribution in [0.3, 0.4) is 0 Å². The maximum atomic E-state index is 13.1. The van der Waals surface area contributed by atoms with Crippen LogP contribution in [0.1, 0.15) is 38.9 Å². The fourth-order valence-corrected chi connectivity index (χ4v) is 3.20. The maximum Gasteiger partial charge on any atom is 0.336 e. The average Bonchev–Trinajstić information content (AvgIpc) is 2.85. The minimum atomic E-state index is -1.16. The van der Waals surface area contributed by atoms with Crippen molar-refractivity contribution >= 4 is 28.3 Å². The van der Waals surface area contributed by atoms with Crippen LogP contribution in [0.5, 0.6) is 0 Å². The highest BCUT2D eigenvalue weighted by Gasteiger charge is 2.24. The molecule has 3 N–H and O–H groups in total. The fraction of sp³-hybridized carbons (Fsp3) is 0.158. The summed E-state index contributed by atoms with van der Waals surface area (Å²) in [6.07, 6.45) is 0. The Balaban J connectivity index is 2.28. The summed E-state index contributed by atoms with van der Waals surface area (Å²) >= 11 is 0. The molecule has 3 aromatic rings. The molecule has 0 atom stereocenters. The Morgan fingerprint density at radius 3 is 2.50 bits per heavy atom. The highest BCUT2D eigenvalue weighted by Crippen LogP contribution is 2.29. The van der Waals surface area contributed by atoms with E-state index in [1.807, 2.05) is 38.1 Å². The molecule has 0 aliphatic heterocycles. The molecule has 3 rings (SSSR count). The van der Waals surface area contributed by atoms with Crippen LogP contribution in [0.4, 0.5) is 5.69 Å². The third-order valence-corrected chi connectivity index (χ3v) is 4.29. The summed E-state index contributed by atoms with van der Waals surface area (Å²) in [5.41, 5.74) is 8.40. The molecule has 0 saturated heterocycles. The van der Waals surface area contributed by atoms with Crippen molar-refractivity contribution in [2.75, 3.05) is 5.73 Å². The zero-order valence-corrected chi connectivity index (χ0v) is 13.5. The first-order valence-corrected chi connectivity index (χ1v) is 7.71. The van der Waals surface area contributed by atoms with Gasteiger partial charge in [0.25, 0.3) is 0 Å². The van der Waals surface area contributed by atoms with E-state index in [4.69, 9.17) is 5.73 Å². The SMILES string of the molecule is CCn1c(C)c(C(=O)c2ccc(N)cc2C(=O)O)c2ccccc21. The first-order valence-electron chi connectivity index (χ1n) is 7.71. The molecule has 0 bridgehead atoms. The third kappa shape index (κ3) is 2.34. The van der Waals surface area contributed by atoms with Gasteiger partial charge < -0.3 is 15.4 Å². The van der Waals surface area contributed by atoms with Gasteiger partial charge in [0, 0.05) is 34.4 Å². The minimum Gasteiger partial charge on any atom is -0.478 e. The van der Waals surface area contributed by atoms with Gasteiger partial charge in [0.15, 0.2) is 5.78 Å². The van der Waals surface area contributed by atoms with Gasteiger partial charge in [-0.1, -0.05) is 18.2 Å². The number of ketones is 1. The zero-order valence-electron chi connectivity index (χ0n) is 13.5. The van der Waals surface area contributed by atoms with E-state index in [1.165, 1.54) is 12.1 Å². The zero-order chi connectivity index (χ0) is 17.4. The summed E-state index contributed by atoms with van der Waals surface area (Å²) in [6, 6.07) is 12.0. The normalized spacial score (nSPS) is 10.9. The van der Waals surface area contributed by atoms with Gasteiger partial charge in [-0.25, -0.2) is 4.79 Å². The summed E-state index contributed by atoms with van der Waals surface area (Å²) in [4.78, 5) is 24.6. The number of hydrogen-bond donors (Lipinski definition) is 2. The van der Waals surface area contributed by atoms with E-state index in [-0.39, 0.29) is 16.9 Å². The Morgan fingerprint density at radius 2 is 1.83 bits per heavy atom. The molecule has 5 nitrogen and oxygen atoms in total. The number of rotatable bonds is 4. The largest absolute Gasteiger partial charge is 0.478 e. The maximum absolute atomic E-state index is 13.1. The highest BCUT2D eigenvalue weighted by molar-refractivity contribution is 6.20. The van der Waals surface area contributed by atoms with Crippen LogP contribution in [0.25, 0.3) is 10.9 Å². The molecule has 0 amide bonds. The number of aromatic nitrogens is 1. The summed E-state index contributed by atoms with van der Waals surface area (Å²) in [5, 5.41) is 10.2. The molecule has 1 aromatic heterocycles. The van der Waals surface area contributed by atoms with Gasteiger partial charge in [0.05, 0.1) is 11.1 Å². The van der Waals surface area contributed by atoms with Crippen molar-refractivity contribution in [1.82, 2.24) is 4.57 Å². The lowest BCUT2D eigenvalue weighted by Crippen LogP contribution is -2.11. The molecular formula is C19H18N2O3. The Bertz CT molecular complexity index is 970. The predicted octanol–water partition coefficient (Wildman–Crippen LogP) is 3.48. The van der Waals surface area contributed by atoms with E-state index in [1.54, 1.807) is 6.07 Å². The number of anilines is 1. The van der Waals surface area contributed by atoms with Crippen LogP contribution in [0, 0.1) is 6.92 Å². The number of nitrogen functional groups attached to an aromatic ring is 1. The van der Waals surface area contributed by atoms with Crippen molar-refractivity contribution in [3.63, 3.8) is 0 Å². The summed E-state index contributed by atoms with van der Waals surface area (Å²) < 4.78 is 2.06. The van der Waals surface area contributed by atoms with Crippen molar-refractivity contribution in [3.8, 4) is 0 Å². The van der Waals surface area contributed by atoms with Gasteiger partial charge in [0.1, 0.15) is 0 Å². The molecule has 0 radical (unpaired) electrons. The molecule has 2 aromatic carbocycles. The van der Waals surface area contributed by atoms with Crippen LogP contribution >= 0.6 is 0 Å². The number of aryl methyl sites for hydroxylation is 1. The number of carboxylic acid groups (broad SMARTS) is 1. The summed E-state index contributed by atoms with van der Waals surface area (Å²) in [5.74, 6) is -1.46. The molecule has 0 unspecified atom stereocenters. The Labute approximate surface area is 139 Å². The molecule has 0 spiro atoms. The first kappa shape index (κ1) is 15.8. The van der Waals surface area contributed by atoms with E-state index < -0.39 is 5.97 Å². The number of hydrogen-bond acceptors (Lipinski definition) is 3. The number of benzene rings is 2. The van der Waals surface area contributed by atoms with Gasteiger partial charge in [-0.05, 0) is 38.1 Å². The predicted molar refractivity (Wildman–Crippen MR) is 93.6 cm³/mol. The number of para-hydroxylation sites is 1. The van der Waals surface area contributed by atoms with Crippen molar-refractivity contribution in [2.45, 2.75) is 20.4 Å². The van der Waals surface area contributed by atoms with Crippen LogP contribution in [-0.4, -0.2) is 21.4 Å². The lowest BCUT2D eigenvalue weighted by Gasteiger charge is -2.08. The second kappa shape index (κ2) is 5.85. The van der Waals surface area contributed by atoms with E-state index in [2.05, 4.69) is 4.57 Å². The standard InChI is InChI=1S/C19H18N2O3/c1-3-21-11(2)17(14-6-4-5-7-16(14)21)18(22)13-9-8-12(20)10-15(13)19(23)24/h4-10H,3,20H2,1-2H3,(H,23,24). The number of carbonyl (C=O) groups is 2. The molecule has 0 saturated carbocycles. The number of carboxylic acids is 1. The summed E-state index contributed by atoms with van der Waals surface area (Å²) in [7, 11) is 0. The molecule has 24 heavy (non-hydrogen) atoms. The van der Waals surface area contributed by atoms with Crippen molar-refractivity contribution < 1.29 is 14.7 Å². The molecule has 1 heterocycles. The van der Waals surface area contributed by atoms with Gasteiger partial charge >= 0.3 is 5.97 Å². The molecule has 0 aliphatic rings. The quantitative estimate of drug-likeness (QED) is 0.569. The summed E-state index contributed by atoms with van der Waals surface area (Å²) in [6.45, 7) is 4.63. The molecular weight excluding hydrogens is 304 g/mol. The third-order valence-electron chi connectivity index (χ3n) is 4.29. The Kier molecular flexibility index (Phi) is 3.85. The molecule has 0 aliphatic carbocycles. The van der Waals surface area contributed by atoms with Crippen LogP contribution in [0.2, 0.25) is 0 Å². The second-order valence-corrected chi connectivity index (χ2v) is 5.66. The fourth-order valence-electron chi connectivity index (χ4n) is 3.20. The first-order chi connectivity index (χ1) is 11.5. The van der Waals surface area contributed by atoms with Gasteiger partial charge in [-0.2, -0.15) is 0 Å². The minimum absolute atomic E-state index is 0.0762. The van der Waals surface area contributed by atoms with E-state index in [9.17, 15) is 14.7 Å². The lowest BCUT2D eigenvalue weighted by molar-refractivity contribution is 0.0693. The van der Waals surface area contributed by atoms with Gasteiger partial charge in [0.2, 0.25) is 0 Å². The van der Waals surface area contributed by atoms with Gasteiger partial charge in [-0.15, -0.1) is 0 Å². The number of nitrogens with zero attached hydrogens (tertiary/aromatic N) is 1. The molecule has 5 heteroatoms. The van der Waals surface area contributed by atoms with Crippen molar-refractivity contribution in [1.29, 1.82) is 0 Å². The lowest BCUT2D eigenvalue weighted by atomic mass is 9.96. The second-order valence-electron chi connectivity index (χ2n) is 5.66. The van der Waals surface area contributed by atoms with Crippen molar-refractivity contribution in [3.05, 3.63) is 64.8 Å². The van der Waals surface area contributed by atoms with E-state index in [0.29, 0.717) is 11.3 Å². The molecule has 0 fully saturated rings. The Hall–Kier alpha value is -3.08. The smallest absolute Gasteiger partial charge is 0.336 e. The number of fused-ring (bicyclic) bond motifs is 1. The van der Waals surface area contributed by atoms with Crippen LogP contribution in [0.15, 0.2) is 42.5 Å². The number of nitrogens with two attached hydrogens (primary N) is 1. The monoisotopic (exact) mass is 322 g/mol. The number of aromatic carboxylic acids is 1. The van der Waals surface area contributed by atoms with Crippen molar-refractivity contribution in [2.24, 2.45) is 0 Å². The van der Waals surface area contributed by atoms with E-state index in [0.717, 1.165) is 23.1 Å². The van der Waals surface area contributed by atoms with E-state index >= 15 is 0 Å². The van der Waals surface area contributed by atoms with Crippen LogP contribution < -0.4 is 5.73 Å². The number of carbonyl (C=O) groups excluding carboxylic acids is 1. The topological polar surface area (TPSA) is 85.3 Å². The molecule has 122 valence electrons. The average molecular weight is 322 g/mol. The Morgan fingerprint density at radius 1 is 1.12 bits per heavy atom.